The molecule has 1 aliphatic carbocycles. The molecule has 1 aromatic carbocycles. The van der Waals surface area contributed by atoms with E-state index >= 15 is 0 Å². The lowest BCUT2D eigenvalue weighted by atomic mass is 9.91. The minimum atomic E-state index is -3.33. The van der Waals surface area contributed by atoms with Gasteiger partial charge in [-0.25, -0.2) is 13.1 Å². The van der Waals surface area contributed by atoms with Crippen molar-refractivity contribution in [3.05, 3.63) is 29.8 Å². The van der Waals surface area contributed by atoms with E-state index in [-0.39, 0.29) is 18.2 Å². The van der Waals surface area contributed by atoms with Gasteiger partial charge in [-0.2, -0.15) is 0 Å². The lowest BCUT2D eigenvalue weighted by Gasteiger charge is -2.21. The van der Waals surface area contributed by atoms with Crippen LogP contribution in [0.2, 0.25) is 0 Å². The van der Waals surface area contributed by atoms with E-state index in [4.69, 9.17) is 5.73 Å². The van der Waals surface area contributed by atoms with Gasteiger partial charge in [-0.1, -0.05) is 31.4 Å². The number of hydrogen-bond donors (Lipinski definition) is 3. The van der Waals surface area contributed by atoms with E-state index < -0.39 is 16.1 Å². The molecule has 2 rings (SSSR count). The zero-order chi connectivity index (χ0) is 15.3. The van der Waals surface area contributed by atoms with Crippen LogP contribution in [0.15, 0.2) is 24.3 Å². The maximum Gasteiger partial charge on any atom is 0.211 e. The average molecular weight is 312 g/mol. The summed E-state index contributed by atoms with van der Waals surface area (Å²) in [4.78, 5) is 0. The Morgan fingerprint density at radius 2 is 1.81 bits per heavy atom. The summed E-state index contributed by atoms with van der Waals surface area (Å²) in [7, 11) is -3.33. The number of hydrogen-bond acceptors (Lipinski definition) is 4. The third-order valence-corrected chi connectivity index (χ3v) is 5.51. The van der Waals surface area contributed by atoms with Crippen LogP contribution in [0.5, 0.6) is 0 Å². The molecule has 0 radical (unpaired) electrons. The van der Waals surface area contributed by atoms with Crippen LogP contribution in [0, 0.1) is 5.92 Å². The van der Waals surface area contributed by atoms with Gasteiger partial charge in [-0.3, -0.25) is 0 Å². The highest BCUT2D eigenvalue weighted by molar-refractivity contribution is 7.89. The normalized spacial score (nSPS) is 18.5. The number of rotatable bonds is 6. The van der Waals surface area contributed by atoms with Crippen LogP contribution in [0.4, 0.5) is 5.69 Å². The van der Waals surface area contributed by atoms with Gasteiger partial charge in [0.25, 0.3) is 0 Å². The fourth-order valence-electron chi connectivity index (χ4n) is 2.76. The molecule has 0 bridgehead atoms. The van der Waals surface area contributed by atoms with Crippen LogP contribution in [-0.2, 0) is 10.0 Å². The number of aliphatic hydroxyl groups is 1. The molecule has 6 heteroatoms. The highest BCUT2D eigenvalue weighted by Crippen LogP contribution is 2.24. The summed E-state index contributed by atoms with van der Waals surface area (Å²) >= 11 is 0. The Morgan fingerprint density at radius 3 is 2.43 bits per heavy atom. The van der Waals surface area contributed by atoms with E-state index in [1.165, 1.54) is 6.42 Å². The molecule has 0 aliphatic heterocycles. The third kappa shape index (κ3) is 5.30. The number of nitrogens with two attached hydrogens (primary N) is 1. The summed E-state index contributed by atoms with van der Waals surface area (Å²) in [6.45, 7) is -0.00102. The van der Waals surface area contributed by atoms with Gasteiger partial charge in [0, 0.05) is 12.2 Å². The average Bonchev–Trinajstić information content (AvgIpc) is 2.46. The number of nitrogens with one attached hydrogen (secondary N) is 1. The van der Waals surface area contributed by atoms with Crippen molar-refractivity contribution in [3.63, 3.8) is 0 Å². The molecule has 0 amide bonds. The first-order valence-electron chi connectivity index (χ1n) is 7.47. The molecule has 0 heterocycles. The van der Waals surface area contributed by atoms with Crippen LogP contribution >= 0.6 is 0 Å². The zero-order valence-electron chi connectivity index (χ0n) is 12.2. The van der Waals surface area contributed by atoms with Crippen molar-refractivity contribution >= 4 is 15.7 Å². The summed E-state index contributed by atoms with van der Waals surface area (Å²) in [6.07, 6.45) is 4.57. The summed E-state index contributed by atoms with van der Waals surface area (Å²) in [5.74, 6) is 0.423. The first kappa shape index (κ1) is 16.3. The lowest BCUT2D eigenvalue weighted by molar-refractivity contribution is 0.182. The molecular formula is C15H24N2O3S. The van der Waals surface area contributed by atoms with Crippen molar-refractivity contribution in [2.24, 2.45) is 5.92 Å². The molecule has 0 saturated heterocycles. The van der Waals surface area contributed by atoms with Gasteiger partial charge in [0.05, 0.1) is 11.9 Å². The monoisotopic (exact) mass is 312 g/mol. The molecule has 1 fully saturated rings. The van der Waals surface area contributed by atoms with E-state index in [1.54, 1.807) is 24.3 Å². The van der Waals surface area contributed by atoms with Crippen molar-refractivity contribution in [2.75, 3.05) is 18.0 Å². The molecule has 21 heavy (non-hydrogen) atoms. The molecule has 118 valence electrons. The van der Waals surface area contributed by atoms with Crippen molar-refractivity contribution in [2.45, 2.75) is 38.2 Å². The van der Waals surface area contributed by atoms with Crippen LogP contribution in [-0.4, -0.2) is 25.8 Å². The lowest BCUT2D eigenvalue weighted by Crippen LogP contribution is -2.33. The van der Waals surface area contributed by atoms with Gasteiger partial charge in [0.1, 0.15) is 0 Å². The minimum absolute atomic E-state index is 0.00102. The van der Waals surface area contributed by atoms with Gasteiger partial charge in [-0.05, 0) is 36.5 Å². The molecule has 1 atom stereocenters. The number of aliphatic hydroxyl groups excluding tert-OH is 1. The molecule has 1 aliphatic rings. The molecule has 1 unspecified atom stereocenters. The molecule has 1 saturated carbocycles. The quantitative estimate of drug-likeness (QED) is 0.698. The number of sulfonamides is 1. The molecule has 0 aromatic heterocycles. The molecule has 1 aromatic rings. The predicted octanol–water partition coefficient (Wildman–Crippen LogP) is 1.80. The molecule has 4 N–H and O–H groups in total. The molecule has 0 spiro atoms. The molecular weight excluding hydrogens is 288 g/mol. The maximum absolute atomic E-state index is 12.0. The van der Waals surface area contributed by atoms with Gasteiger partial charge >= 0.3 is 0 Å². The summed E-state index contributed by atoms with van der Waals surface area (Å²) in [5.41, 5.74) is 6.85. The molecule has 5 nitrogen and oxygen atoms in total. The maximum atomic E-state index is 12.0. The highest BCUT2D eigenvalue weighted by atomic mass is 32.2. The summed E-state index contributed by atoms with van der Waals surface area (Å²) < 4.78 is 26.6. The second kappa shape index (κ2) is 7.24. The Hall–Kier alpha value is -1.11. The van der Waals surface area contributed by atoms with Crippen LogP contribution < -0.4 is 10.5 Å². The van der Waals surface area contributed by atoms with Gasteiger partial charge in [0.2, 0.25) is 10.0 Å². The van der Waals surface area contributed by atoms with Crippen molar-refractivity contribution in [3.8, 4) is 0 Å². The van der Waals surface area contributed by atoms with Crippen LogP contribution in [0.1, 0.15) is 43.8 Å². The topological polar surface area (TPSA) is 92.4 Å². The third-order valence-electron chi connectivity index (χ3n) is 4.00. The highest BCUT2D eigenvalue weighted by Gasteiger charge is 2.22. The van der Waals surface area contributed by atoms with Crippen molar-refractivity contribution in [1.29, 1.82) is 0 Å². The van der Waals surface area contributed by atoms with Gasteiger partial charge < -0.3 is 10.8 Å². The second-order valence-electron chi connectivity index (χ2n) is 5.82. The summed E-state index contributed by atoms with van der Waals surface area (Å²) in [6, 6.07) is 6.79. The van der Waals surface area contributed by atoms with Crippen LogP contribution in [0.25, 0.3) is 0 Å². The fraction of sp³-hybridized carbons (Fsp3) is 0.600. The Bertz CT molecular complexity index is 537. The predicted molar refractivity (Wildman–Crippen MR) is 84.2 cm³/mol. The summed E-state index contributed by atoms with van der Waals surface area (Å²) in [5, 5.41) is 10.0. The SMILES string of the molecule is Nc1ccc(C(O)CNS(=O)(=O)CC2CCCCC2)cc1. The number of anilines is 1. The van der Waals surface area contributed by atoms with Crippen molar-refractivity contribution < 1.29 is 13.5 Å². The largest absolute Gasteiger partial charge is 0.399 e. The van der Waals surface area contributed by atoms with Crippen molar-refractivity contribution in [1.82, 2.24) is 4.72 Å². The van der Waals surface area contributed by atoms with E-state index in [2.05, 4.69) is 4.72 Å². The second-order valence-corrected chi connectivity index (χ2v) is 7.67. The first-order chi connectivity index (χ1) is 9.96. The Morgan fingerprint density at radius 1 is 1.19 bits per heavy atom. The van der Waals surface area contributed by atoms with E-state index in [0.29, 0.717) is 11.3 Å². The van der Waals surface area contributed by atoms with E-state index in [9.17, 15) is 13.5 Å². The van der Waals surface area contributed by atoms with Gasteiger partial charge in [0.15, 0.2) is 0 Å². The minimum Gasteiger partial charge on any atom is -0.399 e. The Labute approximate surface area is 126 Å². The Balaban J connectivity index is 1.84. The van der Waals surface area contributed by atoms with Crippen LogP contribution in [0.3, 0.4) is 0 Å². The number of nitrogen functional groups attached to an aromatic ring is 1. The van der Waals surface area contributed by atoms with Gasteiger partial charge in [-0.15, -0.1) is 0 Å². The van der Waals surface area contributed by atoms with E-state index in [0.717, 1.165) is 25.7 Å². The Kier molecular flexibility index (Phi) is 5.61. The zero-order valence-corrected chi connectivity index (χ0v) is 13.0. The first-order valence-corrected chi connectivity index (χ1v) is 9.12. The smallest absolute Gasteiger partial charge is 0.211 e. The fourth-order valence-corrected chi connectivity index (χ4v) is 4.25. The standard InChI is InChI=1S/C15H24N2O3S/c16-14-8-6-13(7-9-14)15(18)10-17-21(19,20)11-12-4-2-1-3-5-12/h6-9,12,15,17-18H,1-5,10-11,16H2. The van der Waals surface area contributed by atoms with E-state index in [1.807, 2.05) is 0 Å². The number of benzene rings is 1.